The fourth-order valence-corrected chi connectivity index (χ4v) is 3.88. The lowest BCUT2D eigenvalue weighted by molar-refractivity contribution is -0.124. The monoisotopic (exact) mass is 305 g/mol. The van der Waals surface area contributed by atoms with Crippen LogP contribution in [0.3, 0.4) is 0 Å². The number of aromatic amines is 1. The highest BCUT2D eigenvalue weighted by Crippen LogP contribution is 2.40. The largest absolute Gasteiger partial charge is 0.361 e. The van der Waals surface area contributed by atoms with Crippen LogP contribution >= 0.6 is 0 Å². The van der Waals surface area contributed by atoms with E-state index in [-0.39, 0.29) is 18.4 Å². The van der Waals surface area contributed by atoms with Gasteiger partial charge >= 0.3 is 0 Å². The van der Waals surface area contributed by atoms with Crippen molar-refractivity contribution in [2.45, 2.75) is 12.5 Å². The lowest BCUT2D eigenvalue weighted by atomic mass is 9.80. The molecule has 1 aliphatic carbocycles. The average molecular weight is 305 g/mol. The predicted octanol–water partition coefficient (Wildman–Crippen LogP) is 1.79. The van der Waals surface area contributed by atoms with Crippen molar-refractivity contribution in [3.8, 4) is 12.3 Å². The second-order valence-corrected chi connectivity index (χ2v) is 6.35. The quantitative estimate of drug-likeness (QED) is 0.831. The van der Waals surface area contributed by atoms with Gasteiger partial charge in [-0.15, -0.1) is 6.42 Å². The van der Waals surface area contributed by atoms with Crippen molar-refractivity contribution in [1.82, 2.24) is 15.2 Å². The van der Waals surface area contributed by atoms with E-state index >= 15 is 0 Å². The Morgan fingerprint density at radius 1 is 1.52 bits per heavy atom. The highest BCUT2D eigenvalue weighted by atomic mass is 16.1. The van der Waals surface area contributed by atoms with Crippen LogP contribution < -0.4 is 5.32 Å². The molecule has 1 amide bonds. The molecule has 0 radical (unpaired) electrons. The number of carbonyl (C=O) groups is 1. The van der Waals surface area contributed by atoms with Crippen molar-refractivity contribution in [2.75, 3.05) is 20.1 Å². The van der Waals surface area contributed by atoms with Crippen LogP contribution in [-0.4, -0.2) is 42.0 Å². The maximum Gasteiger partial charge on any atom is 0.228 e. The number of H-pyrrole nitrogens is 1. The summed E-state index contributed by atoms with van der Waals surface area (Å²) >= 11 is 0. The number of hydrogen-bond donors (Lipinski definition) is 2. The van der Waals surface area contributed by atoms with Gasteiger partial charge in [0.15, 0.2) is 0 Å². The summed E-state index contributed by atoms with van der Waals surface area (Å²) in [5, 5.41) is 4.10. The van der Waals surface area contributed by atoms with E-state index in [1.807, 2.05) is 0 Å². The number of terminal acetylenes is 1. The lowest BCUT2D eigenvalue weighted by Gasteiger charge is -2.39. The van der Waals surface area contributed by atoms with Crippen LogP contribution in [0.5, 0.6) is 0 Å². The van der Waals surface area contributed by atoms with Crippen molar-refractivity contribution in [3.05, 3.63) is 41.6 Å². The van der Waals surface area contributed by atoms with Gasteiger partial charge in [0.25, 0.3) is 0 Å². The second-order valence-electron chi connectivity index (χ2n) is 6.35. The fourth-order valence-electron chi connectivity index (χ4n) is 3.88. The highest BCUT2D eigenvalue weighted by molar-refractivity contribution is 5.99. The smallest absolute Gasteiger partial charge is 0.228 e. The van der Waals surface area contributed by atoms with Crippen LogP contribution in [0.4, 0.5) is 0 Å². The molecule has 0 spiro atoms. The van der Waals surface area contributed by atoms with Crippen LogP contribution in [0.2, 0.25) is 0 Å². The Morgan fingerprint density at radius 3 is 3.22 bits per heavy atom. The molecule has 4 heteroatoms. The molecule has 0 fully saturated rings. The zero-order valence-electron chi connectivity index (χ0n) is 13.1. The number of benzene rings is 1. The van der Waals surface area contributed by atoms with Gasteiger partial charge in [-0.1, -0.05) is 24.1 Å². The Bertz CT molecular complexity index is 855. The number of amides is 1. The minimum Gasteiger partial charge on any atom is -0.361 e. The summed E-state index contributed by atoms with van der Waals surface area (Å²) in [5.41, 5.74) is 5.03. The van der Waals surface area contributed by atoms with Crippen LogP contribution in [0.25, 0.3) is 16.5 Å². The number of aromatic nitrogens is 1. The summed E-state index contributed by atoms with van der Waals surface area (Å²) < 4.78 is 0. The normalized spacial score (nSPS) is 23.0. The first-order chi connectivity index (χ1) is 11.2. The highest BCUT2D eigenvalue weighted by Gasteiger charge is 2.35. The van der Waals surface area contributed by atoms with Gasteiger partial charge in [-0.05, 0) is 36.2 Å². The van der Waals surface area contributed by atoms with Crippen molar-refractivity contribution in [2.24, 2.45) is 5.92 Å². The first kappa shape index (κ1) is 14.1. The van der Waals surface area contributed by atoms with E-state index in [9.17, 15) is 4.79 Å². The molecule has 2 N–H and O–H groups in total. The van der Waals surface area contributed by atoms with Crippen molar-refractivity contribution >= 4 is 22.4 Å². The van der Waals surface area contributed by atoms with E-state index < -0.39 is 0 Å². The van der Waals surface area contributed by atoms with E-state index in [1.54, 1.807) is 0 Å². The Kier molecular flexibility index (Phi) is 3.24. The van der Waals surface area contributed by atoms with E-state index in [4.69, 9.17) is 6.42 Å². The Hall–Kier alpha value is -2.51. The Labute approximate surface area is 135 Å². The molecule has 0 saturated heterocycles. The van der Waals surface area contributed by atoms with Gasteiger partial charge < -0.3 is 10.3 Å². The molecule has 2 aliphatic rings. The van der Waals surface area contributed by atoms with Crippen LogP contribution in [0.15, 0.2) is 30.5 Å². The second kappa shape index (κ2) is 5.29. The summed E-state index contributed by atoms with van der Waals surface area (Å²) in [4.78, 5) is 18.0. The third kappa shape index (κ3) is 2.16. The zero-order valence-corrected chi connectivity index (χ0v) is 13.1. The molecule has 1 aromatic heterocycles. The molecule has 2 unspecified atom stereocenters. The number of rotatable bonds is 2. The Balaban J connectivity index is 1.79. The summed E-state index contributed by atoms with van der Waals surface area (Å²) in [6.07, 6.45) is 10.5. The first-order valence-corrected chi connectivity index (χ1v) is 7.91. The summed E-state index contributed by atoms with van der Waals surface area (Å²) in [5.74, 6) is 2.31. The van der Waals surface area contributed by atoms with Crippen molar-refractivity contribution in [1.29, 1.82) is 0 Å². The third-order valence-corrected chi connectivity index (χ3v) is 4.97. The number of nitrogens with zero attached hydrogens (tertiary/aromatic N) is 1. The predicted molar refractivity (Wildman–Crippen MR) is 91.7 cm³/mol. The zero-order chi connectivity index (χ0) is 16.0. The molecule has 23 heavy (non-hydrogen) atoms. The first-order valence-electron chi connectivity index (χ1n) is 7.91. The maximum absolute atomic E-state index is 12.3. The van der Waals surface area contributed by atoms with Gasteiger partial charge in [-0.2, -0.15) is 0 Å². The van der Waals surface area contributed by atoms with E-state index in [0.29, 0.717) is 6.04 Å². The molecular weight excluding hydrogens is 286 g/mol. The third-order valence-electron chi connectivity index (χ3n) is 4.97. The molecule has 1 aliphatic heterocycles. The van der Waals surface area contributed by atoms with Crippen LogP contribution in [-0.2, 0) is 11.2 Å². The average Bonchev–Trinajstić information content (AvgIpc) is 2.98. The fraction of sp³-hybridized carbons (Fsp3) is 0.316. The van der Waals surface area contributed by atoms with E-state index in [2.05, 4.69) is 58.6 Å². The minimum absolute atomic E-state index is 0.00721. The molecule has 2 atom stereocenters. The molecule has 116 valence electrons. The number of carbonyl (C=O) groups excluding carboxylic acids is 1. The number of hydrogen-bond acceptors (Lipinski definition) is 2. The number of likely N-dealkylation sites (N-methyl/N-ethyl adjacent to an activating group) is 1. The van der Waals surface area contributed by atoms with E-state index in [0.717, 1.165) is 13.0 Å². The van der Waals surface area contributed by atoms with Gasteiger partial charge in [-0.3, -0.25) is 9.69 Å². The summed E-state index contributed by atoms with van der Waals surface area (Å²) in [7, 11) is 2.09. The van der Waals surface area contributed by atoms with Gasteiger partial charge in [0, 0.05) is 29.7 Å². The Morgan fingerprint density at radius 2 is 2.39 bits per heavy atom. The van der Waals surface area contributed by atoms with Gasteiger partial charge in [-0.25, -0.2) is 0 Å². The van der Waals surface area contributed by atoms with E-state index in [1.165, 1.54) is 27.6 Å². The molecule has 0 saturated carbocycles. The topological polar surface area (TPSA) is 48.1 Å². The number of nitrogens with one attached hydrogen (secondary N) is 2. The van der Waals surface area contributed by atoms with Gasteiger partial charge in [0.1, 0.15) is 0 Å². The van der Waals surface area contributed by atoms with Crippen molar-refractivity contribution < 1.29 is 4.79 Å². The molecule has 1 aromatic carbocycles. The lowest BCUT2D eigenvalue weighted by Crippen LogP contribution is -2.46. The molecule has 2 heterocycles. The molecule has 0 bridgehead atoms. The standard InChI is InChI=1S/C19H19N3O/c1-3-7-20-19(23)13-8-15-14-5-4-6-16-18(14)12(10-21-16)9-17(15)22(2)11-13/h1,4-6,8,10,13,17,21H,7,9,11H2,2H3,(H,20,23). The molecular formula is C19H19N3O. The van der Waals surface area contributed by atoms with Crippen LogP contribution in [0.1, 0.15) is 11.1 Å². The molecule has 4 rings (SSSR count). The van der Waals surface area contributed by atoms with Crippen molar-refractivity contribution in [3.63, 3.8) is 0 Å². The number of fused-ring (bicyclic) bond motifs is 2. The minimum atomic E-state index is -0.157. The SMILES string of the molecule is C#CCNC(=O)C1C=C2c3cccc4[nH]cc(c34)CC2N(C)C1. The summed E-state index contributed by atoms with van der Waals surface area (Å²) in [6.45, 7) is 1.00. The molecule has 4 nitrogen and oxygen atoms in total. The summed E-state index contributed by atoms with van der Waals surface area (Å²) in [6, 6.07) is 6.67. The van der Waals surface area contributed by atoms with Gasteiger partial charge in [0.2, 0.25) is 5.91 Å². The molecule has 2 aromatic rings. The maximum atomic E-state index is 12.3. The van der Waals surface area contributed by atoms with Crippen LogP contribution in [0, 0.1) is 18.3 Å². The van der Waals surface area contributed by atoms with Gasteiger partial charge in [0.05, 0.1) is 12.5 Å².